The molecule has 1 aliphatic rings. The fourth-order valence-corrected chi connectivity index (χ4v) is 5.98. The SMILES string of the molecule is CCCc1nc2cccnc2n1[C@@H]1CCN(S(=O)(=O)c2cccc3cccnc23)C1. The normalized spacial score (nSPS) is 17.8. The number of nitrogens with zero attached hydrogens (tertiary/aromatic N) is 5. The summed E-state index contributed by atoms with van der Waals surface area (Å²) < 4.78 is 30.7. The molecule has 0 radical (unpaired) electrons. The fourth-order valence-electron chi connectivity index (χ4n) is 4.32. The van der Waals surface area contributed by atoms with Gasteiger partial charge in [0, 0.05) is 37.3 Å². The molecule has 0 N–H and O–H groups in total. The summed E-state index contributed by atoms with van der Waals surface area (Å²) in [6.45, 7) is 2.99. The number of rotatable bonds is 5. The smallest absolute Gasteiger partial charge is 0.245 e. The molecule has 3 aromatic heterocycles. The van der Waals surface area contributed by atoms with Crippen molar-refractivity contribution in [1.82, 2.24) is 23.8 Å². The van der Waals surface area contributed by atoms with Gasteiger partial charge in [0.1, 0.15) is 16.2 Å². The lowest BCUT2D eigenvalue weighted by atomic mass is 10.2. The molecule has 1 atom stereocenters. The van der Waals surface area contributed by atoms with Crippen molar-refractivity contribution >= 4 is 32.1 Å². The van der Waals surface area contributed by atoms with Crippen molar-refractivity contribution in [2.75, 3.05) is 13.1 Å². The van der Waals surface area contributed by atoms with Gasteiger partial charge in [-0.15, -0.1) is 0 Å². The molecule has 8 heteroatoms. The van der Waals surface area contributed by atoms with E-state index in [9.17, 15) is 8.42 Å². The molecule has 4 aromatic rings. The Balaban J connectivity index is 1.52. The lowest BCUT2D eigenvalue weighted by Gasteiger charge is -2.19. The van der Waals surface area contributed by atoms with Crippen LogP contribution < -0.4 is 0 Å². The number of hydrogen-bond acceptors (Lipinski definition) is 5. The lowest BCUT2D eigenvalue weighted by molar-refractivity contribution is 0.449. The maximum Gasteiger partial charge on any atom is 0.245 e. The van der Waals surface area contributed by atoms with Crippen molar-refractivity contribution in [3.8, 4) is 0 Å². The molecule has 5 rings (SSSR count). The van der Waals surface area contributed by atoms with Crippen molar-refractivity contribution < 1.29 is 8.42 Å². The fraction of sp³-hybridized carbons (Fsp3) is 0.318. The van der Waals surface area contributed by atoms with Crippen LogP contribution in [0.15, 0.2) is 59.8 Å². The minimum Gasteiger partial charge on any atom is -0.308 e. The molecule has 4 heterocycles. The van der Waals surface area contributed by atoms with Gasteiger partial charge in [0.25, 0.3) is 0 Å². The highest BCUT2D eigenvalue weighted by molar-refractivity contribution is 7.89. The maximum absolute atomic E-state index is 13.5. The van der Waals surface area contributed by atoms with Crippen LogP contribution in [0.4, 0.5) is 0 Å². The van der Waals surface area contributed by atoms with Crippen LogP contribution in [-0.4, -0.2) is 45.3 Å². The van der Waals surface area contributed by atoms with E-state index in [0.717, 1.165) is 41.6 Å². The number of aryl methyl sites for hydroxylation is 1. The Morgan fingerprint density at radius 1 is 1.07 bits per heavy atom. The molecule has 154 valence electrons. The molecular formula is C22H23N5O2S. The standard InChI is InChI=1S/C22H23N5O2S/c1-2-6-20-25-18-9-5-13-24-22(18)27(20)17-11-14-26(15-17)30(28,29)19-10-3-7-16-8-4-12-23-21(16)19/h3-5,7-10,12-13,17H,2,6,11,14-15H2,1H3/t17-/m1/s1. The van der Waals surface area contributed by atoms with E-state index in [-0.39, 0.29) is 10.9 Å². The second-order valence-corrected chi connectivity index (χ2v) is 9.54. The van der Waals surface area contributed by atoms with E-state index >= 15 is 0 Å². The largest absolute Gasteiger partial charge is 0.308 e. The van der Waals surface area contributed by atoms with E-state index in [1.54, 1.807) is 28.8 Å². The number of fused-ring (bicyclic) bond motifs is 2. The highest BCUT2D eigenvalue weighted by atomic mass is 32.2. The Morgan fingerprint density at radius 2 is 1.87 bits per heavy atom. The third kappa shape index (κ3) is 3.07. The topological polar surface area (TPSA) is 81.0 Å². The molecule has 0 unspecified atom stereocenters. The molecule has 0 aliphatic carbocycles. The first-order valence-corrected chi connectivity index (χ1v) is 11.7. The van der Waals surface area contributed by atoms with Crippen LogP contribution in [0.1, 0.15) is 31.6 Å². The summed E-state index contributed by atoms with van der Waals surface area (Å²) in [6.07, 6.45) is 5.94. The number of imidazole rings is 1. The summed E-state index contributed by atoms with van der Waals surface area (Å²) in [5.41, 5.74) is 2.21. The molecule has 0 spiro atoms. The van der Waals surface area contributed by atoms with Crippen LogP contribution in [-0.2, 0) is 16.4 Å². The number of sulfonamides is 1. The molecule has 1 saturated heterocycles. The van der Waals surface area contributed by atoms with Crippen LogP contribution in [0.2, 0.25) is 0 Å². The second-order valence-electron chi connectivity index (χ2n) is 7.63. The second kappa shape index (κ2) is 7.45. The summed E-state index contributed by atoms with van der Waals surface area (Å²) in [5.74, 6) is 0.974. The molecule has 0 bridgehead atoms. The van der Waals surface area contributed by atoms with Crippen molar-refractivity contribution in [1.29, 1.82) is 0 Å². The zero-order chi connectivity index (χ0) is 20.7. The molecule has 0 saturated carbocycles. The van der Waals surface area contributed by atoms with Crippen molar-refractivity contribution in [3.05, 3.63) is 60.7 Å². The monoisotopic (exact) mass is 421 g/mol. The van der Waals surface area contributed by atoms with Gasteiger partial charge >= 0.3 is 0 Å². The number of benzene rings is 1. The average molecular weight is 422 g/mol. The summed E-state index contributed by atoms with van der Waals surface area (Å²) in [6, 6.07) is 12.9. The third-order valence-corrected chi connectivity index (χ3v) is 7.60. The van der Waals surface area contributed by atoms with Gasteiger partial charge in [-0.25, -0.2) is 18.4 Å². The van der Waals surface area contributed by atoms with E-state index in [1.807, 2.05) is 30.3 Å². The van der Waals surface area contributed by atoms with Crippen LogP contribution >= 0.6 is 0 Å². The van der Waals surface area contributed by atoms with Gasteiger partial charge in [-0.05, 0) is 37.1 Å². The lowest BCUT2D eigenvalue weighted by Crippen LogP contribution is -2.29. The highest BCUT2D eigenvalue weighted by Crippen LogP contribution is 2.32. The highest BCUT2D eigenvalue weighted by Gasteiger charge is 2.36. The van der Waals surface area contributed by atoms with Gasteiger partial charge in [-0.2, -0.15) is 4.31 Å². The minimum atomic E-state index is -3.65. The minimum absolute atomic E-state index is 0.0177. The van der Waals surface area contributed by atoms with Gasteiger partial charge in [0.05, 0.1) is 11.6 Å². The first kappa shape index (κ1) is 19.1. The van der Waals surface area contributed by atoms with E-state index < -0.39 is 10.0 Å². The van der Waals surface area contributed by atoms with Crippen LogP contribution in [0.25, 0.3) is 22.1 Å². The third-order valence-electron chi connectivity index (χ3n) is 5.70. The van der Waals surface area contributed by atoms with Crippen molar-refractivity contribution in [3.63, 3.8) is 0 Å². The maximum atomic E-state index is 13.5. The quantitative estimate of drug-likeness (QED) is 0.492. The number of aromatic nitrogens is 4. The van der Waals surface area contributed by atoms with Crippen molar-refractivity contribution in [2.24, 2.45) is 0 Å². The zero-order valence-corrected chi connectivity index (χ0v) is 17.6. The Labute approximate surface area is 175 Å². The first-order valence-electron chi connectivity index (χ1n) is 10.3. The molecule has 30 heavy (non-hydrogen) atoms. The summed E-state index contributed by atoms with van der Waals surface area (Å²) in [7, 11) is -3.65. The molecule has 1 aromatic carbocycles. The molecule has 1 fully saturated rings. The number of hydrogen-bond donors (Lipinski definition) is 0. The van der Waals surface area contributed by atoms with Crippen LogP contribution in [0.3, 0.4) is 0 Å². The predicted octanol–water partition coefficient (Wildman–Crippen LogP) is 3.57. The summed E-state index contributed by atoms with van der Waals surface area (Å²) in [4.78, 5) is 13.9. The van der Waals surface area contributed by atoms with Crippen LogP contribution in [0, 0.1) is 0 Å². The van der Waals surface area contributed by atoms with E-state index in [1.165, 1.54) is 0 Å². The van der Waals surface area contributed by atoms with E-state index in [2.05, 4.69) is 21.5 Å². The summed E-state index contributed by atoms with van der Waals surface area (Å²) in [5, 5.41) is 0.823. The Hall–Kier alpha value is -2.84. The molecule has 1 aliphatic heterocycles. The molecular weight excluding hydrogens is 398 g/mol. The van der Waals surface area contributed by atoms with Gasteiger partial charge in [-0.3, -0.25) is 4.98 Å². The Bertz CT molecular complexity index is 1330. The van der Waals surface area contributed by atoms with E-state index in [4.69, 9.17) is 4.98 Å². The Kier molecular flexibility index (Phi) is 4.75. The first-order chi connectivity index (χ1) is 14.6. The van der Waals surface area contributed by atoms with Crippen molar-refractivity contribution in [2.45, 2.75) is 37.1 Å². The van der Waals surface area contributed by atoms with Gasteiger partial charge < -0.3 is 4.57 Å². The molecule has 0 amide bonds. The van der Waals surface area contributed by atoms with Gasteiger partial charge in [-0.1, -0.05) is 25.1 Å². The summed E-state index contributed by atoms with van der Waals surface area (Å²) >= 11 is 0. The predicted molar refractivity (Wildman–Crippen MR) is 116 cm³/mol. The van der Waals surface area contributed by atoms with Gasteiger partial charge in [0.15, 0.2) is 5.65 Å². The zero-order valence-electron chi connectivity index (χ0n) is 16.8. The van der Waals surface area contributed by atoms with E-state index in [0.29, 0.717) is 18.6 Å². The van der Waals surface area contributed by atoms with Gasteiger partial charge in [0.2, 0.25) is 10.0 Å². The Morgan fingerprint density at radius 3 is 2.73 bits per heavy atom. The van der Waals surface area contributed by atoms with Crippen LogP contribution in [0.5, 0.6) is 0 Å². The number of para-hydroxylation sites is 1. The number of pyridine rings is 2. The average Bonchev–Trinajstić information content (AvgIpc) is 3.38. The molecule has 7 nitrogen and oxygen atoms in total.